The molecule has 3 nitrogen and oxygen atoms in total. The molecule has 1 atom stereocenters. The Kier molecular flexibility index (Phi) is 5.42. The van der Waals surface area contributed by atoms with Gasteiger partial charge in [-0.2, -0.15) is 0 Å². The van der Waals surface area contributed by atoms with Gasteiger partial charge in [-0.05, 0) is 68.0 Å². The topological polar surface area (TPSA) is 40.5 Å². The van der Waals surface area contributed by atoms with E-state index in [0.29, 0.717) is 19.5 Å². The van der Waals surface area contributed by atoms with Crippen molar-refractivity contribution in [2.75, 3.05) is 19.7 Å². The maximum atomic E-state index is 13.2. The molecule has 0 spiro atoms. The summed E-state index contributed by atoms with van der Waals surface area (Å²) in [7, 11) is 0. The predicted molar refractivity (Wildman–Crippen MR) is 101 cm³/mol. The van der Waals surface area contributed by atoms with Crippen molar-refractivity contribution >= 4 is 5.91 Å². The van der Waals surface area contributed by atoms with Gasteiger partial charge in [0.15, 0.2) is 0 Å². The molecule has 26 heavy (non-hydrogen) atoms. The van der Waals surface area contributed by atoms with E-state index in [1.165, 1.54) is 12.1 Å². The van der Waals surface area contributed by atoms with Crippen LogP contribution in [0.2, 0.25) is 0 Å². The molecular formula is C22H26FNO2. The Labute approximate surface area is 154 Å². The van der Waals surface area contributed by atoms with Crippen LogP contribution in [0.15, 0.2) is 42.5 Å². The molecule has 1 N–H and O–H groups in total. The maximum absolute atomic E-state index is 13.2. The van der Waals surface area contributed by atoms with Crippen molar-refractivity contribution in [1.82, 2.24) is 4.90 Å². The van der Waals surface area contributed by atoms with Gasteiger partial charge in [0.1, 0.15) is 5.82 Å². The largest absolute Gasteiger partial charge is 0.396 e. The van der Waals surface area contributed by atoms with Gasteiger partial charge in [-0.3, -0.25) is 4.79 Å². The molecule has 0 unspecified atom stereocenters. The number of rotatable bonds is 4. The number of piperidine rings is 1. The molecule has 0 radical (unpaired) electrons. The average molecular weight is 355 g/mol. The number of carbonyl (C=O) groups excluding carboxylic acids is 1. The lowest BCUT2D eigenvalue weighted by Crippen LogP contribution is -2.49. The number of hydrogen-bond acceptors (Lipinski definition) is 2. The van der Waals surface area contributed by atoms with E-state index in [-0.39, 0.29) is 23.7 Å². The highest BCUT2D eigenvalue weighted by atomic mass is 19.1. The number of aliphatic hydroxyl groups is 1. The molecule has 0 aliphatic carbocycles. The Morgan fingerprint density at radius 1 is 1.19 bits per heavy atom. The SMILES string of the molecule is Cc1cccc(C(=O)N2CCC[C@@](CO)(Cc3ccc(F)cc3)C2)c1C. The summed E-state index contributed by atoms with van der Waals surface area (Å²) in [6, 6.07) is 12.2. The van der Waals surface area contributed by atoms with Crippen LogP contribution in [0.3, 0.4) is 0 Å². The molecule has 0 bridgehead atoms. The van der Waals surface area contributed by atoms with Crippen molar-refractivity contribution in [3.8, 4) is 0 Å². The highest BCUT2D eigenvalue weighted by Crippen LogP contribution is 2.34. The smallest absolute Gasteiger partial charge is 0.254 e. The van der Waals surface area contributed by atoms with Crippen LogP contribution in [0.5, 0.6) is 0 Å². The lowest BCUT2D eigenvalue weighted by atomic mass is 9.75. The van der Waals surface area contributed by atoms with E-state index >= 15 is 0 Å². The highest BCUT2D eigenvalue weighted by Gasteiger charge is 2.37. The zero-order chi connectivity index (χ0) is 18.7. The fourth-order valence-electron chi connectivity index (χ4n) is 3.90. The minimum Gasteiger partial charge on any atom is -0.396 e. The molecular weight excluding hydrogens is 329 g/mol. The minimum absolute atomic E-state index is 0.0148. The molecule has 1 aliphatic heterocycles. The summed E-state index contributed by atoms with van der Waals surface area (Å²) in [6.07, 6.45) is 2.36. The predicted octanol–water partition coefficient (Wildman–Crippen LogP) is 3.90. The maximum Gasteiger partial charge on any atom is 0.254 e. The van der Waals surface area contributed by atoms with Crippen molar-refractivity contribution in [3.05, 3.63) is 70.5 Å². The molecule has 138 valence electrons. The second-order valence-corrected chi connectivity index (χ2v) is 7.54. The van der Waals surface area contributed by atoms with Crippen LogP contribution < -0.4 is 0 Å². The molecule has 2 aromatic rings. The Hall–Kier alpha value is -2.20. The second kappa shape index (κ2) is 7.58. The Bertz CT molecular complexity index is 787. The first kappa shape index (κ1) is 18.6. The summed E-state index contributed by atoms with van der Waals surface area (Å²) < 4.78 is 13.2. The van der Waals surface area contributed by atoms with Gasteiger partial charge in [-0.15, -0.1) is 0 Å². The van der Waals surface area contributed by atoms with Crippen molar-refractivity contribution in [2.24, 2.45) is 5.41 Å². The minimum atomic E-state index is -0.372. The molecule has 0 saturated carbocycles. The Morgan fingerprint density at radius 2 is 1.92 bits per heavy atom. The zero-order valence-electron chi connectivity index (χ0n) is 15.5. The third kappa shape index (κ3) is 3.80. The van der Waals surface area contributed by atoms with E-state index < -0.39 is 0 Å². The summed E-state index contributed by atoms with van der Waals surface area (Å²) in [5.41, 5.74) is 3.47. The summed E-state index contributed by atoms with van der Waals surface area (Å²) in [5, 5.41) is 10.1. The number of halogens is 1. The fraction of sp³-hybridized carbons (Fsp3) is 0.409. The molecule has 2 aromatic carbocycles. The monoisotopic (exact) mass is 355 g/mol. The summed E-state index contributed by atoms with van der Waals surface area (Å²) in [6.45, 7) is 5.23. The van der Waals surface area contributed by atoms with Gasteiger partial charge in [0.25, 0.3) is 5.91 Å². The number of aliphatic hydroxyl groups excluding tert-OH is 1. The number of benzene rings is 2. The molecule has 3 rings (SSSR count). The number of carbonyl (C=O) groups is 1. The lowest BCUT2D eigenvalue weighted by molar-refractivity contribution is 0.0271. The van der Waals surface area contributed by atoms with Crippen LogP contribution in [-0.2, 0) is 6.42 Å². The summed E-state index contributed by atoms with van der Waals surface area (Å²) >= 11 is 0. The van der Waals surface area contributed by atoms with Crippen molar-refractivity contribution in [2.45, 2.75) is 33.1 Å². The first-order chi connectivity index (χ1) is 12.4. The van der Waals surface area contributed by atoms with E-state index in [1.54, 1.807) is 12.1 Å². The number of nitrogens with zero attached hydrogens (tertiary/aromatic N) is 1. The molecule has 0 aromatic heterocycles. The fourth-order valence-corrected chi connectivity index (χ4v) is 3.90. The van der Waals surface area contributed by atoms with Gasteiger partial charge in [0, 0.05) is 24.1 Å². The number of aryl methyl sites for hydroxylation is 1. The Balaban J connectivity index is 1.81. The number of hydrogen-bond donors (Lipinski definition) is 1. The van der Waals surface area contributed by atoms with Crippen molar-refractivity contribution in [1.29, 1.82) is 0 Å². The second-order valence-electron chi connectivity index (χ2n) is 7.54. The van der Waals surface area contributed by atoms with Crippen LogP contribution in [-0.4, -0.2) is 35.6 Å². The number of amides is 1. The van der Waals surface area contributed by atoms with Crippen LogP contribution in [0, 0.1) is 25.1 Å². The summed E-state index contributed by atoms with van der Waals surface area (Å²) in [5.74, 6) is -0.231. The van der Waals surface area contributed by atoms with Crippen LogP contribution in [0.4, 0.5) is 4.39 Å². The van der Waals surface area contributed by atoms with E-state index in [4.69, 9.17) is 0 Å². The quantitative estimate of drug-likeness (QED) is 0.904. The molecule has 1 aliphatic rings. The molecule has 4 heteroatoms. The third-order valence-corrected chi connectivity index (χ3v) is 5.61. The first-order valence-corrected chi connectivity index (χ1v) is 9.15. The first-order valence-electron chi connectivity index (χ1n) is 9.15. The van der Waals surface area contributed by atoms with Crippen molar-refractivity contribution < 1.29 is 14.3 Å². The van der Waals surface area contributed by atoms with E-state index in [2.05, 4.69) is 0 Å². The van der Waals surface area contributed by atoms with Crippen LogP contribution in [0.25, 0.3) is 0 Å². The van der Waals surface area contributed by atoms with Gasteiger partial charge in [0.2, 0.25) is 0 Å². The van der Waals surface area contributed by atoms with Crippen LogP contribution >= 0.6 is 0 Å². The van der Waals surface area contributed by atoms with E-state index in [0.717, 1.165) is 35.1 Å². The molecule has 1 saturated heterocycles. The van der Waals surface area contributed by atoms with E-state index in [1.807, 2.05) is 36.9 Å². The molecule has 1 heterocycles. The van der Waals surface area contributed by atoms with Crippen molar-refractivity contribution in [3.63, 3.8) is 0 Å². The summed E-state index contributed by atoms with van der Waals surface area (Å²) in [4.78, 5) is 14.9. The van der Waals surface area contributed by atoms with Gasteiger partial charge >= 0.3 is 0 Å². The number of likely N-dealkylation sites (tertiary alicyclic amines) is 1. The Morgan fingerprint density at radius 3 is 2.62 bits per heavy atom. The zero-order valence-corrected chi connectivity index (χ0v) is 15.5. The normalized spacial score (nSPS) is 20.2. The van der Waals surface area contributed by atoms with Gasteiger partial charge < -0.3 is 10.0 Å². The van der Waals surface area contributed by atoms with Crippen LogP contribution in [0.1, 0.15) is 39.9 Å². The van der Waals surface area contributed by atoms with Gasteiger partial charge in [0.05, 0.1) is 6.61 Å². The average Bonchev–Trinajstić information content (AvgIpc) is 2.65. The highest BCUT2D eigenvalue weighted by molar-refractivity contribution is 5.96. The van der Waals surface area contributed by atoms with Gasteiger partial charge in [-0.1, -0.05) is 24.3 Å². The molecule has 1 fully saturated rings. The van der Waals surface area contributed by atoms with E-state index in [9.17, 15) is 14.3 Å². The lowest BCUT2D eigenvalue weighted by Gasteiger charge is -2.42. The third-order valence-electron chi connectivity index (χ3n) is 5.61. The molecule has 1 amide bonds. The standard InChI is InChI=1S/C22H26FNO2/c1-16-5-3-6-20(17(16)2)21(26)24-12-4-11-22(14-24,15-25)13-18-7-9-19(23)10-8-18/h3,5-10,25H,4,11-15H2,1-2H3/t22-/m1/s1. The van der Waals surface area contributed by atoms with Gasteiger partial charge in [-0.25, -0.2) is 4.39 Å².